The van der Waals surface area contributed by atoms with Crippen molar-refractivity contribution in [2.24, 2.45) is 0 Å². The first kappa shape index (κ1) is 27.7. The smallest absolute Gasteiger partial charge is 0.240 e. The van der Waals surface area contributed by atoms with Gasteiger partial charge in [-0.25, -0.2) is 4.68 Å². The molecule has 7 nitrogen and oxygen atoms in total. The summed E-state index contributed by atoms with van der Waals surface area (Å²) in [5, 5.41) is 8.03. The van der Waals surface area contributed by atoms with Crippen molar-refractivity contribution in [1.82, 2.24) is 20.0 Å². The van der Waals surface area contributed by atoms with Crippen molar-refractivity contribution in [2.75, 3.05) is 44.4 Å². The largest absolute Gasteiger partial charge is 0.353 e. The van der Waals surface area contributed by atoms with Gasteiger partial charge < -0.3 is 10.2 Å². The number of fused-ring (bicyclic) bond motifs is 1. The minimum absolute atomic E-state index is 0.0773. The maximum atomic E-state index is 13.8. The molecule has 0 saturated carbocycles. The van der Waals surface area contributed by atoms with E-state index in [1.54, 1.807) is 16.7 Å². The molecule has 2 amide bonds. The van der Waals surface area contributed by atoms with E-state index in [4.69, 9.17) is 5.10 Å². The van der Waals surface area contributed by atoms with E-state index in [1.807, 2.05) is 85.2 Å². The highest BCUT2D eigenvalue weighted by atomic mass is 32.2. The summed E-state index contributed by atoms with van der Waals surface area (Å²) in [4.78, 5) is 30.7. The Morgan fingerprint density at radius 3 is 2.35 bits per heavy atom. The van der Waals surface area contributed by atoms with Crippen LogP contribution in [0.3, 0.4) is 0 Å². The first-order valence-electron chi connectivity index (χ1n) is 13.5. The second kappa shape index (κ2) is 12.1. The maximum absolute atomic E-state index is 13.8. The predicted molar refractivity (Wildman–Crippen MR) is 163 cm³/mol. The molecule has 0 fully saturated rings. The number of aromatic nitrogens is 2. The lowest BCUT2D eigenvalue weighted by Gasteiger charge is -2.24. The molecule has 0 radical (unpaired) electrons. The fraction of sp³-hybridized carbons (Fsp3) is 0.281. The number of hydrogen-bond donors (Lipinski definition) is 1. The molecular weight excluding hydrogens is 518 g/mol. The van der Waals surface area contributed by atoms with Crippen LogP contribution in [0.5, 0.6) is 0 Å². The zero-order valence-electron chi connectivity index (χ0n) is 23.4. The molecule has 0 spiro atoms. The number of thioether (sulfide) groups is 1. The Labute approximate surface area is 240 Å². The number of nitrogens with one attached hydrogen (secondary N) is 1. The van der Waals surface area contributed by atoms with E-state index in [0.717, 1.165) is 45.7 Å². The first-order valence-corrected chi connectivity index (χ1v) is 14.5. The van der Waals surface area contributed by atoms with Gasteiger partial charge in [0.25, 0.3) is 0 Å². The van der Waals surface area contributed by atoms with Crippen molar-refractivity contribution in [1.29, 1.82) is 0 Å². The molecule has 206 valence electrons. The number of hydrogen-bond acceptors (Lipinski definition) is 5. The highest BCUT2D eigenvalue weighted by molar-refractivity contribution is 8.00. The third kappa shape index (κ3) is 5.69. The summed E-state index contributed by atoms with van der Waals surface area (Å²) in [6.45, 7) is 5.29. The second-order valence-electron chi connectivity index (χ2n) is 10.3. The molecule has 5 rings (SSSR count). The van der Waals surface area contributed by atoms with Gasteiger partial charge in [0.2, 0.25) is 11.8 Å². The molecule has 40 heavy (non-hydrogen) atoms. The number of carbonyl (C=O) groups excluding carboxylic acids is 2. The molecule has 0 aliphatic carbocycles. The van der Waals surface area contributed by atoms with E-state index in [2.05, 4.69) is 36.5 Å². The predicted octanol–water partition coefficient (Wildman–Crippen LogP) is 5.00. The lowest BCUT2D eigenvalue weighted by molar-refractivity contribution is -0.122. The van der Waals surface area contributed by atoms with Crippen LogP contribution in [0.25, 0.3) is 16.9 Å². The number of likely N-dealkylation sites (N-methyl/N-ethyl adjacent to an activating group) is 1. The van der Waals surface area contributed by atoms with Gasteiger partial charge >= 0.3 is 0 Å². The van der Waals surface area contributed by atoms with Crippen molar-refractivity contribution >= 4 is 29.4 Å². The quantitative estimate of drug-likeness (QED) is 0.333. The molecule has 8 heteroatoms. The summed E-state index contributed by atoms with van der Waals surface area (Å²) in [5.41, 5.74) is 6.92. The van der Waals surface area contributed by atoms with E-state index in [0.29, 0.717) is 12.4 Å². The molecule has 0 saturated heterocycles. The molecular formula is C32H35N5O2S. The van der Waals surface area contributed by atoms with Crippen LogP contribution in [0.4, 0.5) is 5.82 Å². The number of aryl methyl sites for hydroxylation is 2. The van der Waals surface area contributed by atoms with Gasteiger partial charge in [0.15, 0.2) is 0 Å². The van der Waals surface area contributed by atoms with Gasteiger partial charge in [-0.1, -0.05) is 72.8 Å². The van der Waals surface area contributed by atoms with Gasteiger partial charge in [0.1, 0.15) is 12.4 Å². The topological polar surface area (TPSA) is 70.5 Å². The zero-order chi connectivity index (χ0) is 28.2. The number of benzene rings is 3. The molecule has 2 heterocycles. The van der Waals surface area contributed by atoms with Crippen LogP contribution in [-0.2, 0) is 9.59 Å². The number of nitrogens with zero attached hydrogens (tertiary/aromatic N) is 4. The van der Waals surface area contributed by atoms with Gasteiger partial charge in [-0.2, -0.15) is 5.10 Å². The fourth-order valence-electron chi connectivity index (χ4n) is 5.04. The highest BCUT2D eigenvalue weighted by Gasteiger charge is 2.38. The van der Waals surface area contributed by atoms with E-state index in [1.165, 1.54) is 0 Å². The summed E-state index contributed by atoms with van der Waals surface area (Å²) >= 11 is 1.59. The molecule has 1 aromatic heterocycles. The monoisotopic (exact) mass is 553 g/mol. The Hall–Kier alpha value is -3.88. The first-order chi connectivity index (χ1) is 19.3. The summed E-state index contributed by atoms with van der Waals surface area (Å²) < 4.78 is 1.87. The number of rotatable bonds is 8. The lowest BCUT2D eigenvalue weighted by Crippen LogP contribution is -2.43. The number of para-hydroxylation sites is 1. The lowest BCUT2D eigenvalue weighted by atomic mass is 9.96. The van der Waals surface area contributed by atoms with Gasteiger partial charge in [0.05, 0.1) is 22.4 Å². The van der Waals surface area contributed by atoms with Crippen molar-refractivity contribution in [3.8, 4) is 16.9 Å². The minimum atomic E-state index is -0.195. The number of amides is 2. The normalized spacial score (nSPS) is 15.2. The standard InChI is InChI=1S/C32H35N5O2S/c1-22-12-8-10-16-25(22)31-29-30(24-14-6-5-7-15-24)34-37(26-17-11-9-13-23(26)2)32(29)36(28(39)21-40-31)20-27(38)33-18-19-35(3)4/h5-17,31H,18-21H2,1-4H3,(H,33,38). The molecule has 4 aromatic rings. The molecule has 3 aromatic carbocycles. The van der Waals surface area contributed by atoms with Gasteiger partial charge in [-0.3, -0.25) is 14.5 Å². The van der Waals surface area contributed by atoms with Crippen molar-refractivity contribution in [3.63, 3.8) is 0 Å². The summed E-state index contributed by atoms with van der Waals surface area (Å²) in [5.74, 6) is 0.596. The number of carbonyl (C=O) groups is 2. The van der Waals surface area contributed by atoms with Crippen LogP contribution >= 0.6 is 11.8 Å². The average Bonchev–Trinajstić information content (AvgIpc) is 3.26. The molecule has 0 bridgehead atoms. The van der Waals surface area contributed by atoms with Crippen LogP contribution in [0.2, 0.25) is 0 Å². The van der Waals surface area contributed by atoms with Crippen LogP contribution in [0.1, 0.15) is 27.5 Å². The minimum Gasteiger partial charge on any atom is -0.353 e. The summed E-state index contributed by atoms with van der Waals surface area (Å²) in [6.07, 6.45) is 0. The Balaban J connectivity index is 1.74. The van der Waals surface area contributed by atoms with Crippen LogP contribution in [0, 0.1) is 13.8 Å². The van der Waals surface area contributed by atoms with Crippen LogP contribution in [-0.4, -0.2) is 66.0 Å². The van der Waals surface area contributed by atoms with E-state index >= 15 is 0 Å². The molecule has 1 aliphatic rings. The van der Waals surface area contributed by atoms with Gasteiger partial charge in [-0.05, 0) is 50.7 Å². The summed E-state index contributed by atoms with van der Waals surface area (Å²) in [6, 6.07) is 26.4. The molecule has 1 N–H and O–H groups in total. The summed E-state index contributed by atoms with van der Waals surface area (Å²) in [7, 11) is 3.93. The Morgan fingerprint density at radius 1 is 0.975 bits per heavy atom. The maximum Gasteiger partial charge on any atom is 0.240 e. The Morgan fingerprint density at radius 2 is 1.65 bits per heavy atom. The second-order valence-corrected chi connectivity index (χ2v) is 11.4. The third-order valence-electron chi connectivity index (χ3n) is 7.13. The van der Waals surface area contributed by atoms with Gasteiger partial charge in [-0.15, -0.1) is 11.8 Å². The number of anilines is 1. The van der Waals surface area contributed by atoms with Crippen molar-refractivity contribution < 1.29 is 9.59 Å². The van der Waals surface area contributed by atoms with Crippen molar-refractivity contribution in [3.05, 3.63) is 101 Å². The molecule has 1 aliphatic heterocycles. The van der Waals surface area contributed by atoms with Crippen LogP contribution < -0.4 is 10.2 Å². The molecule has 1 atom stereocenters. The van der Waals surface area contributed by atoms with E-state index < -0.39 is 0 Å². The van der Waals surface area contributed by atoms with E-state index in [9.17, 15) is 9.59 Å². The van der Waals surface area contributed by atoms with Crippen LogP contribution in [0.15, 0.2) is 78.9 Å². The Kier molecular flexibility index (Phi) is 8.38. The van der Waals surface area contributed by atoms with E-state index in [-0.39, 0.29) is 29.4 Å². The Bertz CT molecular complexity index is 1510. The van der Waals surface area contributed by atoms with Crippen molar-refractivity contribution in [2.45, 2.75) is 19.1 Å². The zero-order valence-corrected chi connectivity index (χ0v) is 24.2. The fourth-order valence-corrected chi connectivity index (χ4v) is 6.34. The average molecular weight is 554 g/mol. The molecule has 1 unspecified atom stereocenters. The SMILES string of the molecule is Cc1ccccc1C1SCC(=O)N(CC(=O)NCCN(C)C)c2c1c(-c1ccccc1)nn2-c1ccccc1C. The highest BCUT2D eigenvalue weighted by Crippen LogP contribution is 2.49. The van der Waals surface area contributed by atoms with Gasteiger partial charge in [0, 0.05) is 24.2 Å². The third-order valence-corrected chi connectivity index (χ3v) is 8.37.